The lowest BCUT2D eigenvalue weighted by Crippen LogP contribution is -2.30. The van der Waals surface area contributed by atoms with E-state index in [0.29, 0.717) is 22.1 Å². The molecular weight excluding hydrogens is 395 g/mol. The molecule has 2 aromatic rings. The van der Waals surface area contributed by atoms with Crippen LogP contribution in [0.1, 0.15) is 47.3 Å². The highest BCUT2D eigenvalue weighted by atomic mass is 79.9. The van der Waals surface area contributed by atoms with Crippen LogP contribution in [0.2, 0.25) is 0 Å². The van der Waals surface area contributed by atoms with Gasteiger partial charge in [-0.25, -0.2) is 4.39 Å². The molecule has 0 radical (unpaired) electrons. The van der Waals surface area contributed by atoms with Crippen LogP contribution in [-0.2, 0) is 11.3 Å². The number of aromatic nitrogens is 2. The van der Waals surface area contributed by atoms with Crippen LogP contribution in [0.25, 0.3) is 0 Å². The van der Waals surface area contributed by atoms with Gasteiger partial charge in [0.2, 0.25) is 11.8 Å². The summed E-state index contributed by atoms with van der Waals surface area (Å²) in [6.45, 7) is 0.284. The summed E-state index contributed by atoms with van der Waals surface area (Å²) in [7, 11) is 0. The second-order valence-electron chi connectivity index (χ2n) is 5.73. The van der Waals surface area contributed by atoms with Gasteiger partial charge in [0.1, 0.15) is 5.82 Å². The fraction of sp³-hybridized carbons (Fsp3) is 0.375. The molecule has 1 aromatic carbocycles. The molecule has 7 nitrogen and oxygen atoms in total. The number of carbonyl (C=O) groups excluding carboxylic acids is 2. The smallest absolute Gasteiger partial charge is 0.252 e. The lowest BCUT2D eigenvalue weighted by Gasteiger charge is -2.07. The molecule has 132 valence electrons. The molecule has 9 heteroatoms. The quantitative estimate of drug-likeness (QED) is 0.729. The Morgan fingerprint density at radius 2 is 2.12 bits per heavy atom. The Labute approximate surface area is 151 Å². The van der Waals surface area contributed by atoms with Gasteiger partial charge in [-0.1, -0.05) is 5.16 Å². The lowest BCUT2D eigenvalue weighted by atomic mass is 10.2. The van der Waals surface area contributed by atoms with Crippen molar-refractivity contribution in [2.45, 2.75) is 31.7 Å². The van der Waals surface area contributed by atoms with Gasteiger partial charge in [-0.3, -0.25) is 9.59 Å². The molecule has 0 spiro atoms. The van der Waals surface area contributed by atoms with Crippen LogP contribution in [0.5, 0.6) is 0 Å². The van der Waals surface area contributed by atoms with Crippen molar-refractivity contribution in [2.75, 3.05) is 6.54 Å². The van der Waals surface area contributed by atoms with Crippen molar-refractivity contribution in [3.05, 3.63) is 45.8 Å². The molecule has 2 N–H and O–H groups in total. The number of nitrogens with zero attached hydrogens (tertiary/aromatic N) is 2. The summed E-state index contributed by atoms with van der Waals surface area (Å²) >= 11 is 3.19. The Kier molecular flexibility index (Phi) is 5.42. The first-order chi connectivity index (χ1) is 12.0. The summed E-state index contributed by atoms with van der Waals surface area (Å²) in [6, 6.07) is 3.84. The standard InChI is InChI=1S/C16H16BrFN4O3/c17-12-4-3-10(18)7-11(12)16(24)19-6-5-13(23)20-8-14-21-15(22-25-14)9-1-2-9/h3-4,7,9H,1-2,5-6,8H2,(H,19,24)(H,20,23). The topological polar surface area (TPSA) is 97.1 Å². The number of hydrogen-bond donors (Lipinski definition) is 2. The van der Waals surface area contributed by atoms with Crippen LogP contribution < -0.4 is 10.6 Å². The third kappa shape index (κ3) is 4.85. The zero-order valence-electron chi connectivity index (χ0n) is 13.2. The first kappa shape index (κ1) is 17.5. The summed E-state index contributed by atoms with van der Waals surface area (Å²) in [4.78, 5) is 28.0. The molecule has 0 bridgehead atoms. The van der Waals surface area contributed by atoms with E-state index in [2.05, 4.69) is 36.7 Å². The average Bonchev–Trinajstić information content (AvgIpc) is 3.33. The third-order valence-electron chi connectivity index (χ3n) is 3.67. The Bertz CT molecular complexity index is 791. The molecule has 1 fully saturated rings. The molecule has 1 aromatic heterocycles. The van der Waals surface area contributed by atoms with Crippen LogP contribution >= 0.6 is 15.9 Å². The number of hydrogen-bond acceptors (Lipinski definition) is 5. The molecular formula is C16H16BrFN4O3. The predicted octanol–water partition coefficient (Wildman–Crippen LogP) is 2.28. The summed E-state index contributed by atoms with van der Waals surface area (Å²) in [5, 5.41) is 9.09. The van der Waals surface area contributed by atoms with Crippen molar-refractivity contribution in [1.82, 2.24) is 20.8 Å². The maximum atomic E-state index is 13.2. The van der Waals surface area contributed by atoms with Gasteiger partial charge >= 0.3 is 0 Å². The fourth-order valence-electron chi connectivity index (χ4n) is 2.17. The average molecular weight is 411 g/mol. The van der Waals surface area contributed by atoms with Crippen molar-refractivity contribution in [3.63, 3.8) is 0 Å². The summed E-state index contributed by atoms with van der Waals surface area (Å²) in [5.74, 6) is 0.233. The van der Waals surface area contributed by atoms with Crippen LogP contribution in [0.4, 0.5) is 4.39 Å². The second-order valence-corrected chi connectivity index (χ2v) is 6.58. The molecule has 2 amide bonds. The number of nitrogens with one attached hydrogen (secondary N) is 2. The molecule has 0 atom stereocenters. The normalized spacial score (nSPS) is 13.5. The molecule has 1 saturated carbocycles. The molecule has 25 heavy (non-hydrogen) atoms. The van der Waals surface area contributed by atoms with E-state index in [1.165, 1.54) is 12.1 Å². The van der Waals surface area contributed by atoms with E-state index in [4.69, 9.17) is 4.52 Å². The van der Waals surface area contributed by atoms with Crippen molar-refractivity contribution in [2.24, 2.45) is 0 Å². The third-order valence-corrected chi connectivity index (χ3v) is 4.37. The van der Waals surface area contributed by atoms with Crippen LogP contribution in [-0.4, -0.2) is 28.5 Å². The number of rotatable bonds is 7. The zero-order valence-corrected chi connectivity index (χ0v) is 14.8. The first-order valence-electron chi connectivity index (χ1n) is 7.85. The van der Waals surface area contributed by atoms with Gasteiger partial charge in [-0.15, -0.1) is 0 Å². The van der Waals surface area contributed by atoms with Crippen LogP contribution in [0, 0.1) is 5.82 Å². The number of amides is 2. The lowest BCUT2D eigenvalue weighted by molar-refractivity contribution is -0.121. The number of benzene rings is 1. The maximum absolute atomic E-state index is 13.2. The van der Waals surface area contributed by atoms with E-state index in [0.717, 1.165) is 18.9 Å². The minimum Gasteiger partial charge on any atom is -0.351 e. The molecule has 3 rings (SSSR count). The Morgan fingerprint density at radius 3 is 2.88 bits per heavy atom. The summed E-state index contributed by atoms with van der Waals surface area (Å²) in [5.41, 5.74) is 0.180. The van der Waals surface area contributed by atoms with E-state index in [-0.39, 0.29) is 31.0 Å². The monoisotopic (exact) mass is 410 g/mol. The number of halogens is 2. The summed E-state index contributed by atoms with van der Waals surface area (Å²) in [6.07, 6.45) is 2.24. The van der Waals surface area contributed by atoms with Crippen molar-refractivity contribution >= 4 is 27.7 Å². The molecule has 0 saturated heterocycles. The molecule has 1 aliphatic rings. The van der Waals surface area contributed by atoms with Gasteiger partial charge in [-0.05, 0) is 47.0 Å². The second kappa shape index (κ2) is 7.73. The highest BCUT2D eigenvalue weighted by molar-refractivity contribution is 9.10. The van der Waals surface area contributed by atoms with E-state index in [1.807, 2.05) is 0 Å². The first-order valence-corrected chi connectivity index (χ1v) is 8.64. The van der Waals surface area contributed by atoms with E-state index in [1.54, 1.807) is 0 Å². The largest absolute Gasteiger partial charge is 0.351 e. The minimum atomic E-state index is -0.504. The van der Waals surface area contributed by atoms with Gasteiger partial charge in [-0.2, -0.15) is 4.98 Å². The van der Waals surface area contributed by atoms with Crippen LogP contribution in [0.15, 0.2) is 27.2 Å². The Hall–Kier alpha value is -2.29. The molecule has 0 aliphatic heterocycles. The number of carbonyl (C=O) groups is 2. The van der Waals surface area contributed by atoms with Crippen LogP contribution in [0.3, 0.4) is 0 Å². The van der Waals surface area contributed by atoms with E-state index >= 15 is 0 Å². The SMILES string of the molecule is O=C(CCNC(=O)c1cc(F)ccc1Br)NCc1nc(C2CC2)no1. The highest BCUT2D eigenvalue weighted by Crippen LogP contribution is 2.38. The molecule has 0 unspecified atom stereocenters. The van der Waals surface area contributed by atoms with Gasteiger partial charge in [0.15, 0.2) is 5.82 Å². The van der Waals surface area contributed by atoms with Gasteiger partial charge in [0.05, 0.1) is 12.1 Å². The fourth-order valence-corrected chi connectivity index (χ4v) is 2.59. The van der Waals surface area contributed by atoms with Gasteiger partial charge < -0.3 is 15.2 Å². The zero-order chi connectivity index (χ0) is 17.8. The Balaban J connectivity index is 1.39. The molecule has 1 heterocycles. The van der Waals surface area contributed by atoms with Gasteiger partial charge in [0.25, 0.3) is 5.91 Å². The van der Waals surface area contributed by atoms with Crippen molar-refractivity contribution < 1.29 is 18.5 Å². The highest BCUT2D eigenvalue weighted by Gasteiger charge is 2.28. The Morgan fingerprint density at radius 1 is 1.32 bits per heavy atom. The van der Waals surface area contributed by atoms with Crippen molar-refractivity contribution in [1.29, 1.82) is 0 Å². The minimum absolute atomic E-state index is 0.0856. The van der Waals surface area contributed by atoms with Gasteiger partial charge in [0, 0.05) is 23.4 Å². The van der Waals surface area contributed by atoms with E-state index < -0.39 is 11.7 Å². The predicted molar refractivity (Wildman–Crippen MR) is 89.2 cm³/mol. The van der Waals surface area contributed by atoms with Crippen molar-refractivity contribution in [3.8, 4) is 0 Å². The van der Waals surface area contributed by atoms with E-state index in [9.17, 15) is 14.0 Å². The maximum Gasteiger partial charge on any atom is 0.252 e. The summed E-state index contributed by atoms with van der Waals surface area (Å²) < 4.78 is 18.7. The molecule has 1 aliphatic carbocycles.